The molecule has 3 aromatic rings. The summed E-state index contributed by atoms with van der Waals surface area (Å²) in [6.45, 7) is 3.39. The van der Waals surface area contributed by atoms with Gasteiger partial charge in [-0.3, -0.25) is 4.79 Å². The minimum absolute atomic E-state index is 0.0884. The molecule has 0 spiro atoms. The summed E-state index contributed by atoms with van der Waals surface area (Å²) in [6.07, 6.45) is 3.93. The maximum atomic E-state index is 12.2. The molecule has 1 N–H and O–H groups in total. The number of amides is 1. The van der Waals surface area contributed by atoms with Crippen LogP contribution in [-0.4, -0.2) is 47.3 Å². The Morgan fingerprint density at radius 3 is 2.93 bits per heavy atom. The molecule has 0 unspecified atom stereocenters. The number of furan rings is 1. The average molecular weight is 383 g/mol. The number of pyridine rings is 1. The number of carbonyl (C=O) groups is 1. The topological polar surface area (TPSA) is 107 Å². The van der Waals surface area contributed by atoms with Gasteiger partial charge < -0.3 is 23.9 Å². The van der Waals surface area contributed by atoms with Crippen LogP contribution in [0.2, 0.25) is 0 Å². The maximum Gasteiger partial charge on any atom is 0.238 e. The Labute approximate surface area is 161 Å². The van der Waals surface area contributed by atoms with Crippen LogP contribution in [0, 0.1) is 0 Å². The molecule has 0 aliphatic carbocycles. The summed E-state index contributed by atoms with van der Waals surface area (Å²) in [7, 11) is 0. The van der Waals surface area contributed by atoms with Gasteiger partial charge in [-0.1, -0.05) is 11.2 Å². The molecule has 0 saturated carbocycles. The highest BCUT2D eigenvalue weighted by Crippen LogP contribution is 2.19. The number of morpholine rings is 1. The molecule has 4 rings (SSSR count). The van der Waals surface area contributed by atoms with Crippen LogP contribution >= 0.6 is 0 Å². The van der Waals surface area contributed by atoms with Crippen molar-refractivity contribution in [3.63, 3.8) is 0 Å². The molecule has 1 fully saturated rings. The first kappa shape index (κ1) is 18.2. The van der Waals surface area contributed by atoms with Crippen LogP contribution < -0.4 is 10.2 Å². The SMILES string of the molecule is O=C(CCc1nc(-c2ccco2)no1)NCc1cccnc1N1CCOCC1. The van der Waals surface area contributed by atoms with Gasteiger partial charge in [-0.05, 0) is 18.2 Å². The number of aryl methyl sites for hydroxylation is 1. The van der Waals surface area contributed by atoms with E-state index in [2.05, 4.69) is 25.3 Å². The molecule has 1 aliphatic heterocycles. The Kier molecular flexibility index (Phi) is 5.62. The second kappa shape index (κ2) is 8.66. The number of hydrogen-bond acceptors (Lipinski definition) is 8. The summed E-state index contributed by atoms with van der Waals surface area (Å²) < 4.78 is 15.8. The fourth-order valence-corrected chi connectivity index (χ4v) is 2.99. The highest BCUT2D eigenvalue weighted by molar-refractivity contribution is 5.76. The summed E-state index contributed by atoms with van der Waals surface area (Å²) in [5.41, 5.74) is 0.982. The molecule has 0 bridgehead atoms. The lowest BCUT2D eigenvalue weighted by atomic mass is 10.2. The first-order chi connectivity index (χ1) is 13.8. The second-order valence-electron chi connectivity index (χ2n) is 6.35. The number of anilines is 1. The van der Waals surface area contributed by atoms with E-state index in [1.807, 2.05) is 12.1 Å². The lowest BCUT2D eigenvalue weighted by Gasteiger charge is -2.29. The number of aromatic nitrogens is 3. The van der Waals surface area contributed by atoms with Gasteiger partial charge in [0.05, 0.1) is 19.5 Å². The van der Waals surface area contributed by atoms with Gasteiger partial charge in [0, 0.05) is 44.2 Å². The minimum Gasteiger partial charge on any atom is -0.461 e. The zero-order chi connectivity index (χ0) is 19.2. The van der Waals surface area contributed by atoms with Crippen molar-refractivity contribution in [2.24, 2.45) is 0 Å². The number of hydrogen-bond donors (Lipinski definition) is 1. The fraction of sp³-hybridized carbons (Fsp3) is 0.368. The van der Waals surface area contributed by atoms with Gasteiger partial charge >= 0.3 is 0 Å². The Balaban J connectivity index is 1.29. The third-order valence-corrected chi connectivity index (χ3v) is 4.43. The summed E-state index contributed by atoms with van der Waals surface area (Å²) in [4.78, 5) is 23.1. The molecule has 1 aliphatic rings. The van der Waals surface area contributed by atoms with Gasteiger partial charge in [0.25, 0.3) is 0 Å². The molecule has 0 radical (unpaired) electrons. The highest BCUT2D eigenvalue weighted by Gasteiger charge is 2.17. The van der Waals surface area contributed by atoms with Gasteiger partial charge in [-0.15, -0.1) is 0 Å². The molecule has 4 heterocycles. The third-order valence-electron chi connectivity index (χ3n) is 4.43. The number of rotatable bonds is 7. The van der Waals surface area contributed by atoms with E-state index in [1.165, 1.54) is 0 Å². The maximum absolute atomic E-state index is 12.2. The van der Waals surface area contributed by atoms with Gasteiger partial charge in [0.15, 0.2) is 5.76 Å². The highest BCUT2D eigenvalue weighted by atomic mass is 16.5. The van der Waals surface area contributed by atoms with E-state index in [-0.39, 0.29) is 12.3 Å². The number of ether oxygens (including phenoxy) is 1. The van der Waals surface area contributed by atoms with Gasteiger partial charge in [-0.25, -0.2) is 4.98 Å². The van der Waals surface area contributed by atoms with Crippen LogP contribution in [0.15, 0.2) is 45.7 Å². The van der Waals surface area contributed by atoms with Gasteiger partial charge in [0.2, 0.25) is 17.6 Å². The van der Waals surface area contributed by atoms with E-state index in [1.54, 1.807) is 24.6 Å². The van der Waals surface area contributed by atoms with Crippen LogP contribution in [0.4, 0.5) is 5.82 Å². The predicted molar refractivity (Wildman–Crippen MR) is 99.4 cm³/mol. The Bertz CT molecular complexity index is 903. The van der Waals surface area contributed by atoms with E-state index in [0.717, 1.165) is 24.5 Å². The van der Waals surface area contributed by atoms with Gasteiger partial charge in [-0.2, -0.15) is 4.98 Å². The molecule has 146 valence electrons. The van der Waals surface area contributed by atoms with E-state index < -0.39 is 0 Å². The predicted octanol–water partition coefficient (Wildman–Crippen LogP) is 1.81. The lowest BCUT2D eigenvalue weighted by molar-refractivity contribution is -0.121. The average Bonchev–Trinajstić information content (AvgIpc) is 3.43. The van der Waals surface area contributed by atoms with Crippen LogP contribution in [0.1, 0.15) is 17.9 Å². The van der Waals surface area contributed by atoms with Crippen LogP contribution in [0.25, 0.3) is 11.6 Å². The fourth-order valence-electron chi connectivity index (χ4n) is 2.99. The van der Waals surface area contributed by atoms with Crippen molar-refractivity contribution >= 4 is 11.7 Å². The van der Waals surface area contributed by atoms with Gasteiger partial charge in [0.1, 0.15) is 5.82 Å². The Morgan fingerprint density at radius 2 is 2.11 bits per heavy atom. The summed E-state index contributed by atoms with van der Waals surface area (Å²) in [5.74, 6) is 2.12. The van der Waals surface area contributed by atoms with E-state index in [4.69, 9.17) is 13.7 Å². The van der Waals surface area contributed by atoms with Crippen LogP contribution in [-0.2, 0) is 22.5 Å². The summed E-state index contributed by atoms with van der Waals surface area (Å²) in [6, 6.07) is 7.36. The van der Waals surface area contributed by atoms with E-state index >= 15 is 0 Å². The smallest absolute Gasteiger partial charge is 0.238 e. The minimum atomic E-state index is -0.0884. The van der Waals surface area contributed by atoms with E-state index in [0.29, 0.717) is 43.7 Å². The molecular weight excluding hydrogens is 362 g/mol. The van der Waals surface area contributed by atoms with Crippen molar-refractivity contribution in [1.29, 1.82) is 0 Å². The van der Waals surface area contributed by atoms with Crippen molar-refractivity contribution in [3.05, 3.63) is 48.2 Å². The van der Waals surface area contributed by atoms with Crippen LogP contribution in [0.5, 0.6) is 0 Å². The normalized spacial score (nSPS) is 14.2. The molecule has 0 aromatic carbocycles. The third kappa shape index (κ3) is 4.37. The summed E-state index contributed by atoms with van der Waals surface area (Å²) >= 11 is 0. The van der Waals surface area contributed by atoms with Crippen molar-refractivity contribution in [1.82, 2.24) is 20.4 Å². The number of nitrogens with one attached hydrogen (secondary N) is 1. The Hall–Kier alpha value is -3.20. The van der Waals surface area contributed by atoms with E-state index in [9.17, 15) is 4.79 Å². The molecule has 0 atom stereocenters. The molecule has 3 aromatic heterocycles. The summed E-state index contributed by atoms with van der Waals surface area (Å²) in [5, 5.41) is 6.80. The van der Waals surface area contributed by atoms with Crippen molar-refractivity contribution in [2.45, 2.75) is 19.4 Å². The monoisotopic (exact) mass is 383 g/mol. The van der Waals surface area contributed by atoms with Crippen molar-refractivity contribution in [2.75, 3.05) is 31.2 Å². The zero-order valence-corrected chi connectivity index (χ0v) is 15.3. The van der Waals surface area contributed by atoms with Crippen molar-refractivity contribution in [3.8, 4) is 11.6 Å². The molecule has 28 heavy (non-hydrogen) atoms. The van der Waals surface area contributed by atoms with Crippen LogP contribution in [0.3, 0.4) is 0 Å². The zero-order valence-electron chi connectivity index (χ0n) is 15.3. The number of nitrogens with zero attached hydrogens (tertiary/aromatic N) is 4. The lowest BCUT2D eigenvalue weighted by Crippen LogP contribution is -2.37. The molecule has 9 heteroatoms. The largest absolute Gasteiger partial charge is 0.461 e. The number of carbonyl (C=O) groups excluding carboxylic acids is 1. The molecule has 1 saturated heterocycles. The molecule has 9 nitrogen and oxygen atoms in total. The van der Waals surface area contributed by atoms with Crippen molar-refractivity contribution < 1.29 is 18.5 Å². The molecular formula is C19H21N5O4. The first-order valence-electron chi connectivity index (χ1n) is 9.19. The first-order valence-corrected chi connectivity index (χ1v) is 9.19. The molecule has 1 amide bonds. The Morgan fingerprint density at radius 1 is 1.21 bits per heavy atom. The second-order valence-corrected chi connectivity index (χ2v) is 6.35. The standard InChI is InChI=1S/C19H21N5O4/c25-16(5-6-17-22-18(23-28-17)15-4-2-10-27-15)21-13-14-3-1-7-20-19(14)24-8-11-26-12-9-24/h1-4,7,10H,5-6,8-9,11-13H2,(H,21,25). The quantitative estimate of drug-likeness (QED) is 0.658.